The molecule has 5 rings (SSSR count). The largest absolute Gasteiger partial charge is 0.347 e. The molecule has 2 N–H and O–H groups in total. The fraction of sp³-hybridized carbons (Fsp3) is 0.444. The fourth-order valence-electron chi connectivity index (χ4n) is 5.12. The number of aromatic nitrogens is 1. The van der Waals surface area contributed by atoms with Crippen LogP contribution in [0.15, 0.2) is 41.4 Å². The van der Waals surface area contributed by atoms with Gasteiger partial charge in [-0.15, -0.1) is 0 Å². The Morgan fingerprint density at radius 2 is 1.83 bits per heavy atom. The highest BCUT2D eigenvalue weighted by atomic mass is 35.5. The zero-order valence-corrected chi connectivity index (χ0v) is 24.2. The van der Waals surface area contributed by atoms with Crippen LogP contribution < -0.4 is 10.6 Å². The topological polar surface area (TPSA) is 143 Å². The molecular weight excluding hydrogens is 598 g/mol. The predicted molar refractivity (Wildman–Crippen MR) is 146 cm³/mol. The van der Waals surface area contributed by atoms with Crippen molar-refractivity contribution in [2.24, 2.45) is 0 Å². The van der Waals surface area contributed by atoms with E-state index in [1.165, 1.54) is 31.3 Å². The number of nitrogens with one attached hydrogen (secondary N) is 2. The number of carbonyl (C=O) groups is 4. The number of halogens is 3. The molecular formula is C27H27Cl2FN4O6S. The van der Waals surface area contributed by atoms with E-state index in [0.29, 0.717) is 0 Å². The van der Waals surface area contributed by atoms with E-state index in [1.807, 2.05) is 0 Å². The van der Waals surface area contributed by atoms with Gasteiger partial charge in [-0.25, -0.2) is 12.8 Å². The van der Waals surface area contributed by atoms with Gasteiger partial charge in [-0.05, 0) is 57.2 Å². The van der Waals surface area contributed by atoms with Gasteiger partial charge in [-0.2, -0.15) is 0 Å². The van der Waals surface area contributed by atoms with E-state index < -0.39 is 61.9 Å². The SMILES string of the molecule is CC(NC(=O)C1CC(S(=O)(=O)c2ccccc2Cl)CN1C(=O)C1(c2ncc(Cl)cc2F)CC1)C(=O)C(=O)NC1CC1. The van der Waals surface area contributed by atoms with Crippen molar-refractivity contribution in [1.29, 1.82) is 0 Å². The Labute approximate surface area is 245 Å². The van der Waals surface area contributed by atoms with Gasteiger partial charge < -0.3 is 15.5 Å². The molecule has 3 fully saturated rings. The minimum atomic E-state index is -4.11. The number of amides is 3. The van der Waals surface area contributed by atoms with Crippen LogP contribution in [0, 0.1) is 5.82 Å². The van der Waals surface area contributed by atoms with Gasteiger partial charge in [0.2, 0.25) is 17.6 Å². The van der Waals surface area contributed by atoms with E-state index in [0.717, 1.165) is 23.8 Å². The highest BCUT2D eigenvalue weighted by Crippen LogP contribution is 2.51. The molecule has 0 spiro atoms. The first kappa shape index (κ1) is 29.4. The van der Waals surface area contributed by atoms with Crippen molar-refractivity contribution in [2.75, 3.05) is 6.54 Å². The molecule has 3 atom stereocenters. The highest BCUT2D eigenvalue weighted by Gasteiger charge is 2.59. The summed E-state index contributed by atoms with van der Waals surface area (Å²) < 4.78 is 42.1. The van der Waals surface area contributed by atoms with Crippen molar-refractivity contribution in [3.8, 4) is 0 Å². The molecule has 3 amide bonds. The molecule has 2 heterocycles. The molecule has 2 saturated carbocycles. The van der Waals surface area contributed by atoms with Crippen molar-refractivity contribution < 1.29 is 32.0 Å². The number of nitrogens with zero attached hydrogens (tertiary/aromatic N) is 2. The molecule has 10 nitrogen and oxygen atoms in total. The van der Waals surface area contributed by atoms with E-state index in [-0.39, 0.29) is 52.5 Å². The standard InChI is InChI=1S/C27H27Cl2FN4O6S/c1-14(22(35)25(37)33-16-6-7-16)32-24(36)20-11-17(41(39,40)21-5-3-2-4-18(21)29)13-34(20)26(38)27(8-9-27)23-19(30)10-15(28)12-31-23/h2-5,10,12,14,16-17,20H,6-9,11,13H2,1H3,(H,32,36)(H,33,37). The summed E-state index contributed by atoms with van der Waals surface area (Å²) in [5.74, 6) is -3.96. The van der Waals surface area contributed by atoms with E-state index in [4.69, 9.17) is 23.2 Å². The van der Waals surface area contributed by atoms with Crippen LogP contribution in [-0.2, 0) is 34.4 Å². The summed E-state index contributed by atoms with van der Waals surface area (Å²) in [7, 11) is -4.11. The molecule has 1 aliphatic heterocycles. The molecule has 3 aliphatic rings. The van der Waals surface area contributed by atoms with Crippen LogP contribution in [0.5, 0.6) is 0 Å². The minimum absolute atomic E-state index is 0.00901. The smallest absolute Gasteiger partial charge is 0.289 e. The lowest BCUT2D eigenvalue weighted by Gasteiger charge is -2.29. The number of benzene rings is 1. The summed E-state index contributed by atoms with van der Waals surface area (Å²) in [6.07, 6.45) is 2.93. The van der Waals surface area contributed by atoms with Crippen molar-refractivity contribution in [1.82, 2.24) is 20.5 Å². The Kier molecular flexibility index (Phi) is 7.86. The van der Waals surface area contributed by atoms with Gasteiger partial charge in [-0.3, -0.25) is 24.2 Å². The molecule has 2 aliphatic carbocycles. The van der Waals surface area contributed by atoms with E-state index in [2.05, 4.69) is 15.6 Å². The molecule has 1 aromatic carbocycles. The normalized spacial score (nSPS) is 22.1. The van der Waals surface area contributed by atoms with Gasteiger partial charge in [-0.1, -0.05) is 35.3 Å². The Hall–Kier alpha value is -3.09. The van der Waals surface area contributed by atoms with Gasteiger partial charge in [0.15, 0.2) is 9.84 Å². The van der Waals surface area contributed by atoms with E-state index in [1.54, 1.807) is 6.07 Å². The van der Waals surface area contributed by atoms with Crippen LogP contribution in [0.3, 0.4) is 0 Å². The molecule has 218 valence electrons. The molecule has 1 saturated heterocycles. The van der Waals surface area contributed by atoms with Crippen LogP contribution in [-0.4, -0.2) is 71.7 Å². The number of rotatable bonds is 9. The zero-order valence-electron chi connectivity index (χ0n) is 21.9. The predicted octanol–water partition coefficient (Wildman–Crippen LogP) is 2.35. The van der Waals surface area contributed by atoms with Gasteiger partial charge in [0.05, 0.1) is 37.3 Å². The average Bonchev–Trinajstić information content (AvgIpc) is 3.85. The van der Waals surface area contributed by atoms with Crippen molar-refractivity contribution in [3.63, 3.8) is 0 Å². The second-order valence-corrected chi connectivity index (χ2v) is 13.8. The van der Waals surface area contributed by atoms with Crippen molar-refractivity contribution in [2.45, 2.75) is 72.7 Å². The zero-order chi connectivity index (χ0) is 29.7. The first-order chi connectivity index (χ1) is 19.3. The Morgan fingerprint density at radius 3 is 2.44 bits per heavy atom. The van der Waals surface area contributed by atoms with Gasteiger partial charge in [0.1, 0.15) is 11.9 Å². The maximum absolute atomic E-state index is 14.9. The molecule has 0 radical (unpaired) electrons. The monoisotopic (exact) mass is 624 g/mol. The maximum Gasteiger partial charge on any atom is 0.289 e. The number of sulfone groups is 1. The first-order valence-electron chi connectivity index (χ1n) is 13.1. The first-order valence-corrected chi connectivity index (χ1v) is 15.4. The summed E-state index contributed by atoms with van der Waals surface area (Å²) in [5.41, 5.74) is -1.52. The van der Waals surface area contributed by atoms with Crippen LogP contribution in [0.4, 0.5) is 4.39 Å². The van der Waals surface area contributed by atoms with Gasteiger partial charge in [0.25, 0.3) is 5.91 Å². The van der Waals surface area contributed by atoms with Crippen molar-refractivity contribution >= 4 is 56.5 Å². The summed E-state index contributed by atoms with van der Waals surface area (Å²) in [6, 6.07) is 4.26. The molecule has 41 heavy (non-hydrogen) atoms. The average molecular weight is 626 g/mol. The number of Topliss-reactive ketones (excluding diaryl/α,β-unsaturated/α-hetero) is 1. The lowest BCUT2D eigenvalue weighted by Crippen LogP contribution is -2.53. The summed E-state index contributed by atoms with van der Waals surface area (Å²) >= 11 is 12.0. The highest BCUT2D eigenvalue weighted by molar-refractivity contribution is 7.92. The second kappa shape index (κ2) is 11.0. The van der Waals surface area contributed by atoms with Gasteiger partial charge in [0, 0.05) is 18.8 Å². The number of ketones is 1. The third-order valence-electron chi connectivity index (χ3n) is 7.72. The van der Waals surface area contributed by atoms with Crippen molar-refractivity contribution in [3.05, 3.63) is 58.1 Å². The molecule has 0 bridgehead atoms. The Morgan fingerprint density at radius 1 is 1.15 bits per heavy atom. The van der Waals surface area contributed by atoms with E-state index >= 15 is 0 Å². The number of likely N-dealkylation sites (tertiary alicyclic amines) is 1. The lowest BCUT2D eigenvalue weighted by atomic mass is 9.98. The quantitative estimate of drug-likeness (QED) is 0.408. The molecule has 2 aromatic rings. The number of hydrogen-bond acceptors (Lipinski definition) is 7. The van der Waals surface area contributed by atoms with Crippen LogP contribution in [0.25, 0.3) is 0 Å². The third kappa shape index (κ3) is 5.69. The summed E-state index contributed by atoms with van der Waals surface area (Å²) in [5, 5.41) is 3.84. The van der Waals surface area contributed by atoms with Crippen LogP contribution in [0.1, 0.15) is 44.7 Å². The molecule has 3 unspecified atom stereocenters. The molecule has 14 heteroatoms. The number of carbonyl (C=O) groups excluding carboxylic acids is 4. The molecule has 1 aromatic heterocycles. The second-order valence-electron chi connectivity index (χ2n) is 10.7. The van der Waals surface area contributed by atoms with Crippen LogP contribution in [0.2, 0.25) is 10.0 Å². The number of pyridine rings is 1. The fourth-order valence-corrected chi connectivity index (χ4v) is 7.49. The summed E-state index contributed by atoms with van der Waals surface area (Å²) in [4.78, 5) is 57.2. The minimum Gasteiger partial charge on any atom is -0.347 e. The lowest BCUT2D eigenvalue weighted by molar-refractivity contribution is -0.142. The van der Waals surface area contributed by atoms with Gasteiger partial charge >= 0.3 is 0 Å². The Bertz CT molecular complexity index is 1550. The number of hydrogen-bond donors (Lipinski definition) is 2. The van der Waals surface area contributed by atoms with Crippen LogP contribution >= 0.6 is 23.2 Å². The maximum atomic E-state index is 14.9. The van der Waals surface area contributed by atoms with E-state index in [9.17, 15) is 32.0 Å². The summed E-state index contributed by atoms with van der Waals surface area (Å²) in [6.45, 7) is 0.965. The Balaban J connectivity index is 1.43. The third-order valence-corrected chi connectivity index (χ3v) is 10.6.